The van der Waals surface area contributed by atoms with E-state index in [0.29, 0.717) is 24.3 Å². The van der Waals surface area contributed by atoms with E-state index in [1.807, 2.05) is 24.3 Å². The molecule has 0 bridgehead atoms. The number of benzene rings is 2. The Kier molecular flexibility index (Phi) is 17.0. The van der Waals surface area contributed by atoms with Gasteiger partial charge in [-0.1, -0.05) is 107 Å². The minimum atomic E-state index is -0.455. The first-order chi connectivity index (χ1) is 24.0. The summed E-state index contributed by atoms with van der Waals surface area (Å²) in [5.74, 6) is -0.299. The topological polar surface area (TPSA) is 93.1 Å². The summed E-state index contributed by atoms with van der Waals surface area (Å²) in [5.41, 5.74) is 4.28. The summed E-state index contributed by atoms with van der Waals surface area (Å²) in [6.07, 6.45) is 1.17. The molecule has 2 N–H and O–H groups in total. The Morgan fingerprint density at radius 2 is 0.698 bits per heavy atom. The smallest absolute Gasteiger partial charge is 0.308 e. The van der Waals surface area contributed by atoms with Gasteiger partial charge in [-0.2, -0.15) is 0 Å². The summed E-state index contributed by atoms with van der Waals surface area (Å²) >= 11 is 35.3. The monoisotopic (exact) mass is 856 g/mol. The molecule has 53 heavy (non-hydrogen) atoms. The third-order valence-corrected chi connectivity index (χ3v) is 13.1. The molecule has 12 heteroatoms. The van der Waals surface area contributed by atoms with E-state index in [1.165, 1.54) is 0 Å². The van der Waals surface area contributed by atoms with Crippen LogP contribution >= 0.6 is 69.6 Å². The van der Waals surface area contributed by atoms with E-state index in [0.717, 1.165) is 33.4 Å². The maximum absolute atomic E-state index is 12.4. The highest BCUT2D eigenvalue weighted by atomic mass is 35.5. The third-order valence-electron chi connectivity index (χ3n) is 9.07. The second-order valence-corrected chi connectivity index (χ2v) is 20.9. The average Bonchev–Trinajstić information content (AvgIpc) is 3.02. The summed E-state index contributed by atoms with van der Waals surface area (Å²) in [5, 5.41) is 19.2. The summed E-state index contributed by atoms with van der Waals surface area (Å²) in [6, 6.07) is 7.82. The SMILES string of the molecule is CC(C)(C)c1cc(CCC(=O)OCOC(=O)CCc2cc(C(C)(C)C)c(O)c(C(C)(C)C)c2)cc(C(C)(C)C)c1O.Cl[C@H]1[C@H](Cl)[C@@H](Cl)[C@@H](Cl)[C@H](Cl)[C@H]1Cl. The fourth-order valence-electron chi connectivity index (χ4n) is 5.82. The van der Waals surface area contributed by atoms with Crippen LogP contribution in [-0.4, -0.2) is 61.2 Å². The van der Waals surface area contributed by atoms with Crippen LogP contribution in [0.2, 0.25) is 0 Å². The lowest BCUT2D eigenvalue weighted by atomic mass is 9.78. The van der Waals surface area contributed by atoms with E-state index < -0.39 is 51.0 Å². The molecule has 3 rings (SSSR count). The number of hydrogen-bond acceptors (Lipinski definition) is 6. The van der Waals surface area contributed by atoms with E-state index in [-0.39, 0.29) is 34.5 Å². The van der Waals surface area contributed by atoms with Crippen molar-refractivity contribution in [1.82, 2.24) is 0 Å². The fourth-order valence-corrected chi connectivity index (χ4v) is 8.14. The highest BCUT2D eigenvalue weighted by molar-refractivity contribution is 6.45. The number of aryl methyl sites for hydroxylation is 2. The molecule has 0 radical (unpaired) electrons. The molecule has 1 aliphatic carbocycles. The molecule has 2 aromatic carbocycles. The number of phenols is 2. The molecule has 0 spiro atoms. The van der Waals surface area contributed by atoms with Crippen LogP contribution in [0.3, 0.4) is 0 Å². The third kappa shape index (κ3) is 13.4. The number of esters is 2. The summed E-state index contributed by atoms with van der Waals surface area (Å²) in [4.78, 5) is 24.8. The van der Waals surface area contributed by atoms with Crippen molar-refractivity contribution in [3.63, 3.8) is 0 Å². The van der Waals surface area contributed by atoms with Crippen molar-refractivity contribution in [1.29, 1.82) is 0 Å². The molecule has 6 nitrogen and oxygen atoms in total. The van der Waals surface area contributed by atoms with E-state index in [2.05, 4.69) is 83.1 Å². The Balaban J connectivity index is 0.000000683. The van der Waals surface area contributed by atoms with Crippen molar-refractivity contribution >= 4 is 81.5 Å². The van der Waals surface area contributed by atoms with Crippen LogP contribution in [0.1, 0.15) is 129 Å². The maximum Gasteiger partial charge on any atom is 0.308 e. The van der Waals surface area contributed by atoms with Gasteiger partial charge in [0.2, 0.25) is 6.79 Å². The normalized spacial score (nSPS) is 22.5. The van der Waals surface area contributed by atoms with E-state index >= 15 is 0 Å². The minimum absolute atomic E-state index is 0.133. The number of ether oxygens (including phenoxy) is 2. The number of phenolic OH excluding ortho intramolecular Hbond substituents is 2. The number of carbonyl (C=O) groups excluding carboxylic acids is 2. The van der Waals surface area contributed by atoms with Crippen LogP contribution < -0.4 is 0 Å². The Labute approximate surface area is 347 Å². The van der Waals surface area contributed by atoms with Crippen molar-refractivity contribution in [3.8, 4) is 11.5 Å². The van der Waals surface area contributed by atoms with Crippen molar-refractivity contribution in [2.75, 3.05) is 6.79 Å². The molecule has 0 aromatic heterocycles. The summed E-state index contributed by atoms with van der Waals surface area (Å²) in [7, 11) is 0. The van der Waals surface area contributed by atoms with Gasteiger partial charge in [-0.3, -0.25) is 9.59 Å². The second-order valence-electron chi connectivity index (χ2n) is 17.9. The molecule has 0 heterocycles. The fraction of sp³-hybridized carbons (Fsp3) is 0.659. The minimum Gasteiger partial charge on any atom is -0.507 e. The lowest BCUT2D eigenvalue weighted by Gasteiger charge is -2.37. The van der Waals surface area contributed by atoms with E-state index in [4.69, 9.17) is 79.1 Å². The molecular formula is C41H58Cl6O6. The molecule has 0 saturated heterocycles. The number of hydrogen-bond donors (Lipinski definition) is 2. The molecule has 0 atom stereocenters. The zero-order valence-corrected chi connectivity index (χ0v) is 37.6. The quantitative estimate of drug-likeness (QED) is 0.156. The van der Waals surface area contributed by atoms with Gasteiger partial charge in [0.05, 0.1) is 32.3 Å². The van der Waals surface area contributed by atoms with E-state index in [9.17, 15) is 19.8 Å². The zero-order valence-electron chi connectivity index (χ0n) is 33.1. The second kappa shape index (κ2) is 18.8. The Hall–Kier alpha value is -1.28. The van der Waals surface area contributed by atoms with Gasteiger partial charge in [-0.05, 0) is 67.9 Å². The average molecular weight is 860 g/mol. The first-order valence-corrected chi connectivity index (χ1v) is 20.5. The Morgan fingerprint density at radius 1 is 0.491 bits per heavy atom. The lowest BCUT2D eigenvalue weighted by Crippen LogP contribution is -2.52. The molecule has 2 aromatic rings. The molecule has 1 aliphatic rings. The molecule has 0 aliphatic heterocycles. The first-order valence-electron chi connectivity index (χ1n) is 17.9. The zero-order chi connectivity index (χ0) is 41.0. The largest absolute Gasteiger partial charge is 0.507 e. The predicted molar refractivity (Wildman–Crippen MR) is 223 cm³/mol. The van der Waals surface area contributed by atoms with Gasteiger partial charge in [0.1, 0.15) is 11.5 Å². The van der Waals surface area contributed by atoms with Gasteiger partial charge in [-0.15, -0.1) is 69.6 Å². The maximum atomic E-state index is 12.4. The number of carbonyl (C=O) groups is 2. The van der Waals surface area contributed by atoms with Gasteiger partial charge < -0.3 is 19.7 Å². The molecular weight excluding hydrogens is 801 g/mol. The number of aromatic hydroxyl groups is 2. The van der Waals surface area contributed by atoms with Gasteiger partial charge in [0.15, 0.2) is 0 Å². The summed E-state index contributed by atoms with van der Waals surface area (Å²) < 4.78 is 10.4. The van der Waals surface area contributed by atoms with Crippen LogP contribution in [0.4, 0.5) is 0 Å². The molecule has 0 unspecified atom stereocenters. The molecule has 1 fully saturated rings. The highest BCUT2D eigenvalue weighted by Crippen LogP contribution is 2.42. The van der Waals surface area contributed by atoms with Crippen molar-refractivity contribution < 1.29 is 29.3 Å². The number of halogens is 6. The van der Waals surface area contributed by atoms with Gasteiger partial charge in [-0.25, -0.2) is 0 Å². The highest BCUT2D eigenvalue weighted by Gasteiger charge is 2.47. The van der Waals surface area contributed by atoms with Crippen molar-refractivity contribution in [3.05, 3.63) is 57.6 Å². The Morgan fingerprint density at radius 3 is 0.887 bits per heavy atom. The summed E-state index contributed by atoms with van der Waals surface area (Å²) in [6.45, 7) is 24.2. The molecule has 0 amide bonds. The molecule has 300 valence electrons. The van der Waals surface area contributed by atoms with Crippen LogP contribution in [0.15, 0.2) is 24.3 Å². The van der Waals surface area contributed by atoms with E-state index in [1.54, 1.807) is 0 Å². The van der Waals surface area contributed by atoms with Crippen LogP contribution in [0, 0.1) is 0 Å². The molecule has 1 saturated carbocycles. The number of rotatable bonds is 8. The predicted octanol–water partition coefficient (Wildman–Crippen LogP) is 11.5. The van der Waals surface area contributed by atoms with Gasteiger partial charge >= 0.3 is 11.9 Å². The van der Waals surface area contributed by atoms with Crippen molar-refractivity contribution in [2.45, 2.75) is 163 Å². The van der Waals surface area contributed by atoms with Crippen LogP contribution in [0.25, 0.3) is 0 Å². The van der Waals surface area contributed by atoms with Gasteiger partial charge in [0, 0.05) is 12.8 Å². The Bertz CT molecular complexity index is 1340. The van der Waals surface area contributed by atoms with Crippen LogP contribution in [0.5, 0.6) is 11.5 Å². The van der Waals surface area contributed by atoms with Gasteiger partial charge in [0.25, 0.3) is 0 Å². The van der Waals surface area contributed by atoms with Crippen molar-refractivity contribution in [2.24, 2.45) is 0 Å². The first kappa shape index (κ1) is 47.9. The standard InChI is InChI=1S/C35H52O6.C6H6Cl6/c1-32(2,3)24-17-22(18-25(30(24)38)33(4,5)6)13-15-28(36)40-21-41-29(37)16-14-23-19-26(34(7,8)9)31(39)27(20-23)35(10,11)12;7-1-2(8)4(10)6(12)5(11)3(1)9/h17-20,38-39H,13-16,21H2,1-12H3;1-6H/t;1-,2-,3-,4+,5+,6+. The lowest BCUT2D eigenvalue weighted by molar-refractivity contribution is -0.167. The van der Waals surface area contributed by atoms with Crippen LogP contribution in [-0.2, 0) is 53.6 Å². The number of alkyl halides is 6.